The van der Waals surface area contributed by atoms with Crippen LogP contribution in [0.5, 0.6) is 0 Å². The van der Waals surface area contributed by atoms with E-state index in [-0.39, 0.29) is 11.2 Å². The Morgan fingerprint density at radius 1 is 1.12 bits per heavy atom. The van der Waals surface area contributed by atoms with Crippen LogP contribution in [0.15, 0.2) is 0 Å². The molecule has 0 aromatic heterocycles. The highest BCUT2D eigenvalue weighted by molar-refractivity contribution is 9.09. The van der Waals surface area contributed by atoms with Crippen molar-refractivity contribution in [3.63, 3.8) is 0 Å². The summed E-state index contributed by atoms with van der Waals surface area (Å²) in [6.07, 6.45) is 8.46. The molecular weight excluding hydrogens is 286 g/mol. The summed E-state index contributed by atoms with van der Waals surface area (Å²) in [7, 11) is 0. The fourth-order valence-corrected chi connectivity index (χ4v) is 4.38. The van der Waals surface area contributed by atoms with Gasteiger partial charge in [0.1, 0.15) is 0 Å². The Morgan fingerprint density at radius 3 is 2.69 bits per heavy atom. The van der Waals surface area contributed by atoms with Crippen LogP contribution in [0.25, 0.3) is 0 Å². The molecule has 0 radical (unpaired) electrons. The topological polar surface area (TPSA) is 29.1 Å². The molecule has 0 bridgehead atoms. The number of alkyl halides is 1. The van der Waals surface area contributed by atoms with Crippen molar-refractivity contribution in [2.45, 2.75) is 61.1 Å². The molecule has 0 aromatic rings. The second-order valence-electron chi connectivity index (χ2n) is 4.77. The molecule has 1 aliphatic carbocycles. The van der Waals surface area contributed by atoms with E-state index in [1.165, 1.54) is 32.1 Å². The van der Waals surface area contributed by atoms with Crippen molar-refractivity contribution in [2.75, 3.05) is 5.75 Å². The van der Waals surface area contributed by atoms with Gasteiger partial charge >= 0.3 is 0 Å². The predicted octanol–water partition coefficient (Wildman–Crippen LogP) is 3.09. The zero-order valence-corrected chi connectivity index (χ0v) is 12.0. The van der Waals surface area contributed by atoms with Gasteiger partial charge in [-0.1, -0.05) is 35.2 Å². The summed E-state index contributed by atoms with van der Waals surface area (Å²) in [4.78, 5) is 12.5. The molecule has 0 spiro atoms. The van der Waals surface area contributed by atoms with E-state index in [9.17, 15) is 4.79 Å². The van der Waals surface area contributed by atoms with E-state index in [2.05, 4.69) is 21.2 Å². The van der Waals surface area contributed by atoms with E-state index in [1.54, 1.807) is 0 Å². The van der Waals surface area contributed by atoms with E-state index in [0.717, 1.165) is 18.6 Å². The van der Waals surface area contributed by atoms with E-state index >= 15 is 0 Å². The van der Waals surface area contributed by atoms with Crippen molar-refractivity contribution in [3.8, 4) is 0 Å². The maximum atomic E-state index is 12.0. The second-order valence-corrected chi connectivity index (χ2v) is 7.26. The number of nitrogens with one attached hydrogen (secondary N) is 1. The first-order valence-electron chi connectivity index (χ1n) is 6.33. The van der Waals surface area contributed by atoms with E-state index < -0.39 is 0 Å². The summed E-state index contributed by atoms with van der Waals surface area (Å²) in [5.41, 5.74) is 0. The van der Waals surface area contributed by atoms with Crippen LogP contribution in [0.4, 0.5) is 0 Å². The zero-order chi connectivity index (χ0) is 11.4. The van der Waals surface area contributed by atoms with Gasteiger partial charge in [0.2, 0.25) is 5.91 Å². The van der Waals surface area contributed by atoms with Crippen molar-refractivity contribution < 1.29 is 4.79 Å². The van der Waals surface area contributed by atoms with Gasteiger partial charge < -0.3 is 5.32 Å². The predicted molar refractivity (Wildman–Crippen MR) is 73.2 cm³/mol. The molecule has 16 heavy (non-hydrogen) atoms. The standard InChI is InChI=1S/C12H20BrNOS/c13-9-5-2-1-3-6-10(9)14-12(15)11-7-4-8-16-11/h9-11H,1-8H2,(H,14,15). The molecule has 2 aliphatic rings. The summed E-state index contributed by atoms with van der Waals surface area (Å²) in [5, 5.41) is 3.47. The smallest absolute Gasteiger partial charge is 0.233 e. The third-order valence-corrected chi connectivity index (χ3v) is 5.95. The first-order chi connectivity index (χ1) is 7.77. The SMILES string of the molecule is O=C(NC1CCCCCC1Br)C1CCCS1. The summed E-state index contributed by atoms with van der Waals surface area (Å²) in [5.74, 6) is 1.43. The molecule has 0 aromatic carbocycles. The van der Waals surface area contributed by atoms with Gasteiger partial charge in [0.15, 0.2) is 0 Å². The van der Waals surface area contributed by atoms with Gasteiger partial charge in [-0.25, -0.2) is 0 Å². The maximum absolute atomic E-state index is 12.0. The summed E-state index contributed by atoms with van der Waals surface area (Å²) < 4.78 is 0. The number of thioether (sulfide) groups is 1. The minimum atomic E-state index is 0.225. The Bertz CT molecular complexity index is 243. The number of rotatable bonds is 2. The molecule has 1 N–H and O–H groups in total. The van der Waals surface area contributed by atoms with E-state index in [1.807, 2.05) is 11.8 Å². The number of hydrogen-bond donors (Lipinski definition) is 1. The molecule has 2 fully saturated rings. The number of amides is 1. The summed E-state index contributed by atoms with van der Waals surface area (Å²) >= 11 is 5.54. The molecule has 4 heteroatoms. The first kappa shape index (κ1) is 12.7. The van der Waals surface area contributed by atoms with Crippen molar-refractivity contribution in [3.05, 3.63) is 0 Å². The van der Waals surface area contributed by atoms with Gasteiger partial charge in [0, 0.05) is 10.9 Å². The summed E-state index contributed by atoms with van der Waals surface area (Å²) in [6.45, 7) is 0. The number of carbonyl (C=O) groups excluding carboxylic acids is 1. The van der Waals surface area contributed by atoms with Crippen LogP contribution in [0, 0.1) is 0 Å². The van der Waals surface area contributed by atoms with Gasteiger partial charge in [0.25, 0.3) is 0 Å². The van der Waals surface area contributed by atoms with Crippen molar-refractivity contribution >= 4 is 33.6 Å². The number of halogens is 1. The quantitative estimate of drug-likeness (QED) is 0.627. The van der Waals surface area contributed by atoms with Gasteiger partial charge in [-0.3, -0.25) is 4.79 Å². The highest BCUT2D eigenvalue weighted by Gasteiger charge is 2.28. The monoisotopic (exact) mass is 305 g/mol. The molecule has 2 nitrogen and oxygen atoms in total. The molecule has 92 valence electrons. The van der Waals surface area contributed by atoms with Crippen LogP contribution in [0.2, 0.25) is 0 Å². The van der Waals surface area contributed by atoms with Crippen LogP contribution < -0.4 is 5.32 Å². The lowest BCUT2D eigenvalue weighted by Crippen LogP contribution is -2.43. The van der Waals surface area contributed by atoms with Gasteiger partial charge in [-0.2, -0.15) is 0 Å². The second kappa shape index (κ2) is 6.29. The van der Waals surface area contributed by atoms with Gasteiger partial charge in [-0.15, -0.1) is 11.8 Å². The molecular formula is C12H20BrNOS. The van der Waals surface area contributed by atoms with Crippen LogP contribution in [0.1, 0.15) is 44.9 Å². The van der Waals surface area contributed by atoms with Gasteiger partial charge in [-0.05, 0) is 31.4 Å². The highest BCUT2D eigenvalue weighted by Crippen LogP contribution is 2.28. The lowest BCUT2D eigenvalue weighted by molar-refractivity contribution is -0.121. The fourth-order valence-electron chi connectivity index (χ4n) is 2.49. The maximum Gasteiger partial charge on any atom is 0.233 e. The highest BCUT2D eigenvalue weighted by atomic mass is 79.9. The van der Waals surface area contributed by atoms with Crippen LogP contribution in [-0.4, -0.2) is 27.8 Å². The number of hydrogen-bond acceptors (Lipinski definition) is 2. The Labute approximate surface area is 110 Å². The van der Waals surface area contributed by atoms with E-state index in [4.69, 9.17) is 0 Å². The zero-order valence-electron chi connectivity index (χ0n) is 9.58. The fraction of sp³-hybridized carbons (Fsp3) is 0.917. The average molecular weight is 306 g/mol. The third kappa shape index (κ3) is 3.39. The van der Waals surface area contributed by atoms with Crippen LogP contribution in [-0.2, 0) is 4.79 Å². The molecule has 1 saturated heterocycles. The van der Waals surface area contributed by atoms with E-state index in [0.29, 0.717) is 10.9 Å². The molecule has 1 amide bonds. The van der Waals surface area contributed by atoms with Crippen molar-refractivity contribution in [2.24, 2.45) is 0 Å². The van der Waals surface area contributed by atoms with Crippen molar-refractivity contribution in [1.82, 2.24) is 5.32 Å². The normalized spacial score (nSPS) is 35.7. The lowest BCUT2D eigenvalue weighted by Gasteiger charge is -2.23. The first-order valence-corrected chi connectivity index (χ1v) is 8.30. The lowest BCUT2D eigenvalue weighted by atomic mass is 10.1. The van der Waals surface area contributed by atoms with Crippen LogP contribution >= 0.6 is 27.7 Å². The molecule has 1 aliphatic heterocycles. The minimum absolute atomic E-state index is 0.225. The summed E-state index contributed by atoms with van der Waals surface area (Å²) in [6, 6.07) is 0.358. The Balaban J connectivity index is 1.84. The van der Waals surface area contributed by atoms with Crippen molar-refractivity contribution in [1.29, 1.82) is 0 Å². The average Bonchev–Trinajstić information content (AvgIpc) is 2.73. The third-order valence-electron chi connectivity index (χ3n) is 3.48. The Morgan fingerprint density at radius 2 is 1.94 bits per heavy atom. The van der Waals surface area contributed by atoms with Crippen LogP contribution in [0.3, 0.4) is 0 Å². The molecule has 1 heterocycles. The molecule has 1 saturated carbocycles. The molecule has 3 atom stereocenters. The van der Waals surface area contributed by atoms with Gasteiger partial charge in [0.05, 0.1) is 5.25 Å². The minimum Gasteiger partial charge on any atom is -0.351 e. The number of carbonyl (C=O) groups is 1. The molecule has 3 unspecified atom stereocenters. The Kier molecular flexibility index (Phi) is 5.01. The molecule has 2 rings (SSSR count). The Hall–Kier alpha value is 0.300. The largest absolute Gasteiger partial charge is 0.351 e.